The molecule has 2 atom stereocenters. The SMILES string of the molecule is Cc1cc(CN)cc(S(=O)(=O)N2CCC(C)C(C)C2)c1C. The molecule has 0 amide bonds. The van der Waals surface area contributed by atoms with E-state index in [9.17, 15) is 8.42 Å². The lowest BCUT2D eigenvalue weighted by Crippen LogP contribution is -2.42. The van der Waals surface area contributed by atoms with E-state index in [0.717, 1.165) is 23.1 Å². The summed E-state index contributed by atoms with van der Waals surface area (Å²) in [5.74, 6) is 0.974. The Morgan fingerprint density at radius 3 is 2.48 bits per heavy atom. The van der Waals surface area contributed by atoms with Crippen molar-refractivity contribution in [2.75, 3.05) is 13.1 Å². The van der Waals surface area contributed by atoms with E-state index in [1.807, 2.05) is 19.9 Å². The van der Waals surface area contributed by atoms with Crippen LogP contribution in [0.1, 0.15) is 37.0 Å². The molecule has 0 aromatic heterocycles. The second kappa shape index (κ2) is 6.07. The lowest BCUT2D eigenvalue weighted by molar-refractivity contribution is 0.212. The van der Waals surface area contributed by atoms with Crippen molar-refractivity contribution in [2.45, 2.75) is 45.6 Å². The van der Waals surface area contributed by atoms with Gasteiger partial charge in [0, 0.05) is 19.6 Å². The molecule has 2 rings (SSSR count). The second-order valence-corrected chi connectivity index (χ2v) is 8.25. The zero-order valence-corrected chi connectivity index (χ0v) is 14.2. The van der Waals surface area contributed by atoms with Gasteiger partial charge in [-0.05, 0) is 54.9 Å². The fourth-order valence-electron chi connectivity index (χ4n) is 2.87. The standard InChI is InChI=1S/C16H26N2O2S/c1-11-5-6-18(10-13(11)3)21(19,20)16-8-15(9-17)7-12(2)14(16)4/h7-8,11,13H,5-6,9-10,17H2,1-4H3. The number of hydrogen-bond acceptors (Lipinski definition) is 3. The van der Waals surface area contributed by atoms with Crippen LogP contribution in [0.15, 0.2) is 17.0 Å². The summed E-state index contributed by atoms with van der Waals surface area (Å²) < 4.78 is 27.6. The zero-order valence-electron chi connectivity index (χ0n) is 13.4. The van der Waals surface area contributed by atoms with E-state index in [1.54, 1.807) is 10.4 Å². The van der Waals surface area contributed by atoms with E-state index in [-0.39, 0.29) is 0 Å². The van der Waals surface area contributed by atoms with Crippen molar-refractivity contribution in [1.82, 2.24) is 4.31 Å². The molecule has 1 fully saturated rings. The summed E-state index contributed by atoms with van der Waals surface area (Å²) in [6.07, 6.45) is 0.926. The number of sulfonamides is 1. The van der Waals surface area contributed by atoms with Crippen LogP contribution in [-0.2, 0) is 16.6 Å². The number of piperidine rings is 1. The molecule has 1 aromatic carbocycles. The van der Waals surface area contributed by atoms with E-state index >= 15 is 0 Å². The van der Waals surface area contributed by atoms with Crippen molar-refractivity contribution >= 4 is 10.0 Å². The molecule has 0 spiro atoms. The summed E-state index contributed by atoms with van der Waals surface area (Å²) in [7, 11) is -3.43. The minimum atomic E-state index is -3.43. The normalized spacial score (nSPS) is 24.2. The lowest BCUT2D eigenvalue weighted by atomic mass is 9.90. The Hall–Kier alpha value is -0.910. The fourth-order valence-corrected chi connectivity index (χ4v) is 4.77. The highest BCUT2D eigenvalue weighted by Crippen LogP contribution is 2.30. The molecule has 0 radical (unpaired) electrons. The maximum Gasteiger partial charge on any atom is 0.243 e. The first-order valence-electron chi connectivity index (χ1n) is 7.57. The quantitative estimate of drug-likeness (QED) is 0.932. The zero-order chi connectivity index (χ0) is 15.8. The number of benzene rings is 1. The number of rotatable bonds is 3. The molecule has 1 aliphatic rings. The van der Waals surface area contributed by atoms with Crippen LogP contribution in [0, 0.1) is 25.7 Å². The first-order chi connectivity index (χ1) is 9.77. The Balaban J connectivity index is 2.42. The molecule has 4 nitrogen and oxygen atoms in total. The Morgan fingerprint density at radius 2 is 1.90 bits per heavy atom. The van der Waals surface area contributed by atoms with Gasteiger partial charge in [0.2, 0.25) is 10.0 Å². The molecule has 5 heteroatoms. The van der Waals surface area contributed by atoms with Gasteiger partial charge in [0.25, 0.3) is 0 Å². The smallest absolute Gasteiger partial charge is 0.243 e. The number of hydrogen-bond donors (Lipinski definition) is 1. The summed E-state index contributed by atoms with van der Waals surface area (Å²) in [6.45, 7) is 9.71. The van der Waals surface area contributed by atoms with Crippen molar-refractivity contribution in [1.29, 1.82) is 0 Å². The molecule has 0 saturated carbocycles. The van der Waals surface area contributed by atoms with Crippen molar-refractivity contribution in [3.8, 4) is 0 Å². The Bertz CT molecular complexity index is 625. The van der Waals surface area contributed by atoms with Gasteiger partial charge in [0.05, 0.1) is 4.90 Å². The Kier molecular flexibility index (Phi) is 4.76. The summed E-state index contributed by atoms with van der Waals surface area (Å²) in [5.41, 5.74) is 8.38. The van der Waals surface area contributed by atoms with E-state index in [1.165, 1.54) is 0 Å². The van der Waals surface area contributed by atoms with Crippen molar-refractivity contribution < 1.29 is 8.42 Å². The maximum atomic E-state index is 13.0. The topological polar surface area (TPSA) is 63.4 Å². The molecule has 1 heterocycles. The van der Waals surface area contributed by atoms with Crippen LogP contribution < -0.4 is 5.73 Å². The van der Waals surface area contributed by atoms with Gasteiger partial charge in [-0.3, -0.25) is 0 Å². The molecule has 2 N–H and O–H groups in total. The number of nitrogens with two attached hydrogens (primary N) is 1. The van der Waals surface area contributed by atoms with Crippen molar-refractivity contribution in [2.24, 2.45) is 17.6 Å². The summed E-state index contributed by atoms with van der Waals surface area (Å²) in [4.78, 5) is 0.421. The predicted molar refractivity (Wildman–Crippen MR) is 85.5 cm³/mol. The van der Waals surface area contributed by atoms with Crippen LogP contribution in [0.2, 0.25) is 0 Å². The highest BCUT2D eigenvalue weighted by Gasteiger charge is 2.32. The van der Waals surface area contributed by atoms with E-state index in [2.05, 4.69) is 13.8 Å². The third-order valence-electron chi connectivity index (χ3n) is 4.83. The van der Waals surface area contributed by atoms with Crippen LogP contribution in [0.4, 0.5) is 0 Å². The minimum absolute atomic E-state index is 0.358. The van der Waals surface area contributed by atoms with Gasteiger partial charge in [-0.1, -0.05) is 19.9 Å². The third-order valence-corrected chi connectivity index (χ3v) is 6.82. The average Bonchev–Trinajstić information content (AvgIpc) is 2.44. The molecular formula is C16H26N2O2S. The second-order valence-electron chi connectivity index (χ2n) is 6.35. The largest absolute Gasteiger partial charge is 0.326 e. The molecule has 1 aromatic rings. The van der Waals surface area contributed by atoms with Crippen LogP contribution in [0.5, 0.6) is 0 Å². The van der Waals surface area contributed by atoms with Crippen LogP contribution in [0.25, 0.3) is 0 Å². The Labute approximate surface area is 128 Å². The summed E-state index contributed by atoms with van der Waals surface area (Å²) in [5, 5.41) is 0. The van der Waals surface area contributed by atoms with Crippen molar-refractivity contribution in [3.05, 3.63) is 28.8 Å². The monoisotopic (exact) mass is 310 g/mol. The molecule has 0 bridgehead atoms. The molecule has 118 valence electrons. The number of aryl methyl sites for hydroxylation is 1. The summed E-state index contributed by atoms with van der Waals surface area (Å²) >= 11 is 0. The van der Waals surface area contributed by atoms with E-state index in [0.29, 0.717) is 36.4 Å². The van der Waals surface area contributed by atoms with Gasteiger partial charge in [0.15, 0.2) is 0 Å². The van der Waals surface area contributed by atoms with Crippen LogP contribution in [-0.4, -0.2) is 25.8 Å². The van der Waals surface area contributed by atoms with Crippen LogP contribution in [0.3, 0.4) is 0 Å². The van der Waals surface area contributed by atoms with Gasteiger partial charge in [-0.15, -0.1) is 0 Å². The fraction of sp³-hybridized carbons (Fsp3) is 0.625. The highest BCUT2D eigenvalue weighted by molar-refractivity contribution is 7.89. The highest BCUT2D eigenvalue weighted by atomic mass is 32.2. The van der Waals surface area contributed by atoms with Gasteiger partial charge in [-0.25, -0.2) is 8.42 Å². The van der Waals surface area contributed by atoms with Crippen molar-refractivity contribution in [3.63, 3.8) is 0 Å². The molecule has 21 heavy (non-hydrogen) atoms. The molecule has 0 aliphatic carbocycles. The first-order valence-corrected chi connectivity index (χ1v) is 9.01. The summed E-state index contributed by atoms with van der Waals surface area (Å²) in [6, 6.07) is 3.70. The predicted octanol–water partition coefficient (Wildman–Crippen LogP) is 2.43. The van der Waals surface area contributed by atoms with Gasteiger partial charge in [0.1, 0.15) is 0 Å². The van der Waals surface area contributed by atoms with Gasteiger partial charge in [-0.2, -0.15) is 4.31 Å². The molecule has 2 unspecified atom stereocenters. The molecule has 1 aliphatic heterocycles. The molecular weight excluding hydrogens is 284 g/mol. The van der Waals surface area contributed by atoms with Crippen LogP contribution >= 0.6 is 0 Å². The third kappa shape index (κ3) is 3.15. The lowest BCUT2D eigenvalue weighted by Gasteiger charge is -2.34. The average molecular weight is 310 g/mol. The molecule has 1 saturated heterocycles. The minimum Gasteiger partial charge on any atom is -0.326 e. The first kappa shape index (κ1) is 16.5. The number of nitrogens with zero attached hydrogens (tertiary/aromatic N) is 1. The van der Waals surface area contributed by atoms with E-state index < -0.39 is 10.0 Å². The maximum absolute atomic E-state index is 13.0. The Morgan fingerprint density at radius 1 is 1.24 bits per heavy atom. The van der Waals surface area contributed by atoms with Gasteiger partial charge < -0.3 is 5.73 Å². The van der Waals surface area contributed by atoms with Gasteiger partial charge >= 0.3 is 0 Å². The van der Waals surface area contributed by atoms with E-state index in [4.69, 9.17) is 5.73 Å².